The van der Waals surface area contributed by atoms with E-state index in [0.717, 1.165) is 84.9 Å². The summed E-state index contributed by atoms with van der Waals surface area (Å²) in [6, 6.07) is 10.6. The van der Waals surface area contributed by atoms with E-state index in [0.29, 0.717) is 6.54 Å². The van der Waals surface area contributed by atoms with Crippen LogP contribution in [0.25, 0.3) is 11.3 Å². The van der Waals surface area contributed by atoms with Gasteiger partial charge in [-0.05, 0) is 56.1 Å². The molecular formula is C25H31N5O. The summed E-state index contributed by atoms with van der Waals surface area (Å²) < 4.78 is 4.19. The highest BCUT2D eigenvalue weighted by Crippen LogP contribution is 2.26. The van der Waals surface area contributed by atoms with Gasteiger partial charge < -0.3 is 5.32 Å². The fraction of sp³-hybridized carbons (Fsp3) is 0.480. The van der Waals surface area contributed by atoms with Gasteiger partial charge in [0, 0.05) is 30.9 Å². The lowest BCUT2D eigenvalue weighted by atomic mass is 9.98. The number of hydrogen-bond donors (Lipinski definition) is 1. The Morgan fingerprint density at radius 2 is 1.97 bits per heavy atom. The summed E-state index contributed by atoms with van der Waals surface area (Å²) in [7, 11) is 0. The molecule has 2 aliphatic rings. The number of nitrogens with zero attached hydrogens (tertiary/aromatic N) is 4. The van der Waals surface area contributed by atoms with Crippen LogP contribution >= 0.6 is 0 Å². The average Bonchev–Trinajstić information content (AvgIpc) is 3.38. The van der Waals surface area contributed by atoms with Gasteiger partial charge in [-0.3, -0.25) is 14.2 Å². The molecule has 0 bridgehead atoms. The molecule has 2 aliphatic heterocycles. The first kappa shape index (κ1) is 20.0. The summed E-state index contributed by atoms with van der Waals surface area (Å²) in [5.41, 5.74) is 7.42. The quantitative estimate of drug-likeness (QED) is 0.678. The second-order valence-electron chi connectivity index (χ2n) is 9.02. The van der Waals surface area contributed by atoms with Crippen molar-refractivity contribution in [2.24, 2.45) is 5.92 Å². The van der Waals surface area contributed by atoms with E-state index in [1.54, 1.807) is 0 Å². The Morgan fingerprint density at radius 1 is 1.13 bits per heavy atom. The third-order valence-corrected chi connectivity index (χ3v) is 6.68. The Hall–Kier alpha value is -2.89. The van der Waals surface area contributed by atoms with Gasteiger partial charge in [-0.15, -0.1) is 0 Å². The normalized spacial score (nSPS) is 17.8. The van der Waals surface area contributed by atoms with Gasteiger partial charge in [-0.1, -0.05) is 38.1 Å². The van der Waals surface area contributed by atoms with Gasteiger partial charge in [0.25, 0.3) is 5.91 Å². The first-order valence-corrected chi connectivity index (χ1v) is 11.6. The third-order valence-electron chi connectivity index (χ3n) is 6.68. The van der Waals surface area contributed by atoms with Crippen molar-refractivity contribution >= 4 is 5.91 Å². The molecule has 0 spiro atoms. The van der Waals surface area contributed by atoms with E-state index in [1.165, 1.54) is 12.1 Å². The number of carbonyl (C=O) groups is 1. The molecule has 0 saturated carbocycles. The van der Waals surface area contributed by atoms with E-state index < -0.39 is 0 Å². The molecule has 0 saturated heterocycles. The van der Waals surface area contributed by atoms with Gasteiger partial charge in [0.15, 0.2) is 0 Å². The number of nitrogens with one attached hydrogen (secondary N) is 1. The zero-order chi connectivity index (χ0) is 21.4. The number of fused-ring (bicyclic) bond motifs is 2. The molecular weight excluding hydrogens is 386 g/mol. The predicted octanol–water partition coefficient (Wildman–Crippen LogP) is 4.16. The van der Waals surface area contributed by atoms with E-state index in [-0.39, 0.29) is 5.91 Å². The molecule has 0 aliphatic carbocycles. The summed E-state index contributed by atoms with van der Waals surface area (Å²) in [5, 5.41) is 12.6. The highest BCUT2D eigenvalue weighted by atomic mass is 16.1. The summed E-state index contributed by atoms with van der Waals surface area (Å²) in [6.07, 6.45) is 6.31. The van der Waals surface area contributed by atoms with Crippen LogP contribution in [0.3, 0.4) is 0 Å². The van der Waals surface area contributed by atoms with Gasteiger partial charge in [0.2, 0.25) is 0 Å². The summed E-state index contributed by atoms with van der Waals surface area (Å²) in [6.45, 7) is 6.83. The van der Waals surface area contributed by atoms with Crippen LogP contribution in [0.5, 0.6) is 0 Å². The van der Waals surface area contributed by atoms with Crippen LogP contribution in [-0.2, 0) is 38.9 Å². The average molecular weight is 418 g/mol. The van der Waals surface area contributed by atoms with E-state index in [9.17, 15) is 4.79 Å². The number of carbonyl (C=O) groups excluding carboxylic acids is 1. The second kappa shape index (κ2) is 8.33. The molecule has 4 heterocycles. The van der Waals surface area contributed by atoms with Crippen LogP contribution in [-0.4, -0.2) is 25.5 Å². The minimum Gasteiger partial charge on any atom is -0.348 e. The Bertz CT molecular complexity index is 1090. The van der Waals surface area contributed by atoms with Crippen molar-refractivity contribution in [1.29, 1.82) is 0 Å². The Labute approximate surface area is 183 Å². The molecule has 162 valence electrons. The summed E-state index contributed by atoms with van der Waals surface area (Å²) >= 11 is 0. The van der Waals surface area contributed by atoms with Gasteiger partial charge in [0.1, 0.15) is 0 Å². The van der Waals surface area contributed by atoms with Crippen molar-refractivity contribution in [3.63, 3.8) is 0 Å². The lowest BCUT2D eigenvalue weighted by Gasteiger charge is -2.18. The molecule has 2 aromatic heterocycles. The molecule has 0 radical (unpaired) electrons. The molecule has 1 aromatic carbocycles. The maximum atomic E-state index is 13.0. The van der Waals surface area contributed by atoms with E-state index in [4.69, 9.17) is 5.10 Å². The number of aromatic nitrogens is 4. The van der Waals surface area contributed by atoms with Crippen LogP contribution in [0, 0.1) is 5.92 Å². The minimum absolute atomic E-state index is 0.0000252. The Balaban J connectivity index is 1.27. The molecule has 1 N–H and O–H groups in total. The second-order valence-corrected chi connectivity index (χ2v) is 9.02. The van der Waals surface area contributed by atoms with Crippen molar-refractivity contribution in [3.8, 4) is 11.3 Å². The zero-order valence-electron chi connectivity index (χ0n) is 18.5. The lowest BCUT2D eigenvalue weighted by molar-refractivity contribution is 0.0948. The largest absolute Gasteiger partial charge is 0.348 e. The maximum absolute atomic E-state index is 13.0. The van der Waals surface area contributed by atoms with Crippen LogP contribution < -0.4 is 5.32 Å². The molecule has 3 aromatic rings. The number of hydrogen-bond acceptors (Lipinski definition) is 3. The van der Waals surface area contributed by atoms with Gasteiger partial charge >= 0.3 is 0 Å². The van der Waals surface area contributed by atoms with Crippen LogP contribution in [0.4, 0.5) is 0 Å². The SMILES string of the molecule is CCc1nn2c(c1C(=O)NCc1ccc(-c3cc4n(n3)CC[C@@H](C)C4)cc1)CCCC2. The Kier molecular flexibility index (Phi) is 5.38. The lowest BCUT2D eigenvalue weighted by Crippen LogP contribution is -2.25. The van der Waals surface area contributed by atoms with E-state index >= 15 is 0 Å². The van der Waals surface area contributed by atoms with Crippen molar-refractivity contribution < 1.29 is 4.79 Å². The fourth-order valence-corrected chi connectivity index (χ4v) is 4.87. The molecule has 0 fully saturated rings. The fourth-order valence-electron chi connectivity index (χ4n) is 4.87. The predicted molar refractivity (Wildman–Crippen MR) is 121 cm³/mol. The topological polar surface area (TPSA) is 64.7 Å². The highest BCUT2D eigenvalue weighted by Gasteiger charge is 2.24. The first-order valence-electron chi connectivity index (χ1n) is 11.6. The van der Waals surface area contributed by atoms with E-state index in [1.807, 2.05) is 4.68 Å². The first-order chi connectivity index (χ1) is 15.1. The van der Waals surface area contributed by atoms with Crippen molar-refractivity contribution in [3.05, 3.63) is 58.5 Å². The molecule has 31 heavy (non-hydrogen) atoms. The molecule has 1 amide bonds. The van der Waals surface area contributed by atoms with Crippen LogP contribution in [0.2, 0.25) is 0 Å². The van der Waals surface area contributed by atoms with Gasteiger partial charge in [0.05, 0.1) is 22.6 Å². The molecule has 6 heteroatoms. The molecule has 6 nitrogen and oxygen atoms in total. The van der Waals surface area contributed by atoms with Gasteiger partial charge in [-0.2, -0.15) is 10.2 Å². The van der Waals surface area contributed by atoms with Crippen molar-refractivity contribution in [2.45, 2.75) is 72.0 Å². The summed E-state index contributed by atoms with van der Waals surface area (Å²) in [5.74, 6) is 0.734. The monoisotopic (exact) mass is 417 g/mol. The van der Waals surface area contributed by atoms with Crippen molar-refractivity contribution in [1.82, 2.24) is 24.9 Å². The number of amides is 1. The highest BCUT2D eigenvalue weighted by molar-refractivity contribution is 5.96. The van der Waals surface area contributed by atoms with Crippen LogP contribution in [0.1, 0.15) is 66.1 Å². The zero-order valence-corrected chi connectivity index (χ0v) is 18.5. The Morgan fingerprint density at radius 3 is 2.77 bits per heavy atom. The standard InChI is InChI=1S/C25H31N5O/c1-3-21-24(23-6-4-5-12-30(23)27-21)25(31)26-16-18-7-9-19(10-8-18)22-15-20-14-17(2)11-13-29(20)28-22/h7-10,15,17H,3-6,11-14,16H2,1-2H3,(H,26,31)/t17-/m1/s1. The van der Waals surface area contributed by atoms with Crippen molar-refractivity contribution in [2.75, 3.05) is 0 Å². The van der Waals surface area contributed by atoms with E-state index in [2.05, 4.69) is 59.3 Å². The smallest absolute Gasteiger partial charge is 0.255 e. The number of rotatable bonds is 5. The van der Waals surface area contributed by atoms with Crippen LogP contribution in [0.15, 0.2) is 30.3 Å². The molecule has 0 unspecified atom stereocenters. The van der Waals surface area contributed by atoms with Gasteiger partial charge in [-0.25, -0.2) is 0 Å². The summed E-state index contributed by atoms with van der Waals surface area (Å²) in [4.78, 5) is 13.0. The minimum atomic E-state index is -0.0000252. The third kappa shape index (κ3) is 3.91. The molecule has 1 atom stereocenters. The maximum Gasteiger partial charge on any atom is 0.255 e. The molecule has 5 rings (SSSR count). The number of benzene rings is 1. The number of aryl methyl sites for hydroxylation is 3.